The molecule has 0 fully saturated rings. The van der Waals surface area contributed by atoms with Gasteiger partial charge in [0.25, 0.3) is 0 Å². The number of alkyl carbamates (subject to hydrolysis) is 1. The van der Waals surface area contributed by atoms with Crippen molar-refractivity contribution >= 4 is 6.09 Å². The molecule has 0 aliphatic rings. The van der Waals surface area contributed by atoms with Crippen molar-refractivity contribution in [2.75, 3.05) is 6.54 Å². The predicted molar refractivity (Wildman–Crippen MR) is 63.6 cm³/mol. The van der Waals surface area contributed by atoms with Crippen LogP contribution in [0.25, 0.3) is 10.4 Å². The first-order valence-corrected chi connectivity index (χ1v) is 5.40. The topological polar surface area (TPSA) is 87.1 Å². The summed E-state index contributed by atoms with van der Waals surface area (Å²) in [5.74, 6) is 0. The zero-order valence-corrected chi connectivity index (χ0v) is 9.87. The Balaban J connectivity index is 2.33. The third kappa shape index (κ3) is 5.69. The van der Waals surface area contributed by atoms with E-state index in [-0.39, 0.29) is 6.61 Å². The molecule has 0 heterocycles. The normalized spacial score (nSPS) is 11.5. The monoisotopic (exact) mass is 270 g/mol. The van der Waals surface area contributed by atoms with Gasteiger partial charge in [0.1, 0.15) is 12.6 Å². The molecule has 1 rings (SSSR count). The van der Waals surface area contributed by atoms with Gasteiger partial charge >= 0.3 is 6.09 Å². The van der Waals surface area contributed by atoms with E-state index >= 15 is 0 Å². The lowest BCUT2D eigenvalue weighted by Gasteiger charge is -2.11. The maximum atomic E-state index is 12.3. The van der Waals surface area contributed by atoms with Crippen LogP contribution in [-0.2, 0) is 11.3 Å². The van der Waals surface area contributed by atoms with Crippen molar-refractivity contribution < 1.29 is 18.3 Å². The Hall–Kier alpha value is -2.34. The highest BCUT2D eigenvalue weighted by Gasteiger charge is 2.19. The summed E-state index contributed by atoms with van der Waals surface area (Å²) >= 11 is 0. The average Bonchev–Trinajstić information content (AvgIpc) is 2.42. The number of rotatable bonds is 6. The Kier molecular flexibility index (Phi) is 6.11. The highest BCUT2D eigenvalue weighted by atomic mass is 19.3. The Bertz CT molecular complexity index is 449. The summed E-state index contributed by atoms with van der Waals surface area (Å²) in [4.78, 5) is 13.5. The SMILES string of the molecule is [N-]=[N+]=N[C@H](CNC(=O)OCc1ccccc1)C(F)F. The summed E-state index contributed by atoms with van der Waals surface area (Å²) in [6.07, 6.45) is -3.69. The summed E-state index contributed by atoms with van der Waals surface area (Å²) in [6.45, 7) is -0.442. The van der Waals surface area contributed by atoms with Crippen LogP contribution < -0.4 is 5.32 Å². The van der Waals surface area contributed by atoms with Crippen LogP contribution in [0.4, 0.5) is 13.6 Å². The fraction of sp³-hybridized carbons (Fsp3) is 0.364. The molecule has 1 aromatic carbocycles. The summed E-state index contributed by atoms with van der Waals surface area (Å²) in [7, 11) is 0. The predicted octanol–water partition coefficient (Wildman–Crippen LogP) is 2.86. The first-order chi connectivity index (χ1) is 9.13. The van der Waals surface area contributed by atoms with E-state index < -0.39 is 25.1 Å². The second kappa shape index (κ2) is 7.88. The van der Waals surface area contributed by atoms with Crippen LogP contribution in [0.2, 0.25) is 0 Å². The highest BCUT2D eigenvalue weighted by molar-refractivity contribution is 5.67. The van der Waals surface area contributed by atoms with Gasteiger partial charge in [-0.05, 0) is 11.1 Å². The van der Waals surface area contributed by atoms with Gasteiger partial charge < -0.3 is 10.1 Å². The number of nitrogens with one attached hydrogen (secondary N) is 1. The third-order valence-electron chi connectivity index (χ3n) is 2.16. The molecule has 6 nitrogen and oxygen atoms in total. The molecule has 8 heteroatoms. The maximum absolute atomic E-state index is 12.3. The van der Waals surface area contributed by atoms with Gasteiger partial charge in [-0.1, -0.05) is 35.4 Å². The van der Waals surface area contributed by atoms with Gasteiger partial charge in [-0.25, -0.2) is 13.6 Å². The van der Waals surface area contributed by atoms with Crippen LogP contribution in [0.3, 0.4) is 0 Å². The number of alkyl halides is 2. The summed E-state index contributed by atoms with van der Waals surface area (Å²) < 4.78 is 29.5. The summed E-state index contributed by atoms with van der Waals surface area (Å²) in [5, 5.41) is 4.99. The fourth-order valence-corrected chi connectivity index (χ4v) is 1.21. The van der Waals surface area contributed by atoms with E-state index in [0.29, 0.717) is 0 Å². The molecule has 0 aromatic heterocycles. The largest absolute Gasteiger partial charge is 0.445 e. The Morgan fingerprint density at radius 1 is 1.42 bits per heavy atom. The second-order valence-electron chi connectivity index (χ2n) is 3.55. The van der Waals surface area contributed by atoms with Crippen molar-refractivity contribution in [3.63, 3.8) is 0 Å². The number of hydrogen-bond donors (Lipinski definition) is 1. The zero-order valence-electron chi connectivity index (χ0n) is 9.87. The summed E-state index contributed by atoms with van der Waals surface area (Å²) in [5.41, 5.74) is 8.86. The average molecular weight is 270 g/mol. The number of hydrogen-bond acceptors (Lipinski definition) is 3. The molecule has 0 spiro atoms. The Morgan fingerprint density at radius 3 is 2.68 bits per heavy atom. The van der Waals surface area contributed by atoms with Crippen molar-refractivity contribution in [1.29, 1.82) is 0 Å². The molecule has 0 aliphatic heterocycles. The number of carbonyl (C=O) groups is 1. The lowest BCUT2D eigenvalue weighted by atomic mass is 10.2. The number of amides is 1. The first-order valence-electron chi connectivity index (χ1n) is 5.40. The molecular weight excluding hydrogens is 258 g/mol. The van der Waals surface area contributed by atoms with E-state index in [1.807, 2.05) is 6.07 Å². The van der Waals surface area contributed by atoms with Crippen molar-refractivity contribution in [2.45, 2.75) is 19.1 Å². The maximum Gasteiger partial charge on any atom is 0.407 e. The van der Waals surface area contributed by atoms with E-state index in [2.05, 4.69) is 15.3 Å². The van der Waals surface area contributed by atoms with Crippen molar-refractivity contribution in [3.05, 3.63) is 46.3 Å². The van der Waals surface area contributed by atoms with E-state index in [4.69, 9.17) is 10.3 Å². The van der Waals surface area contributed by atoms with Gasteiger partial charge in [0, 0.05) is 11.5 Å². The summed E-state index contributed by atoms with van der Waals surface area (Å²) in [6, 6.07) is 7.30. The minimum atomic E-state index is -2.84. The van der Waals surface area contributed by atoms with Crippen molar-refractivity contribution in [3.8, 4) is 0 Å². The van der Waals surface area contributed by atoms with Gasteiger partial charge in [0.15, 0.2) is 0 Å². The smallest absolute Gasteiger partial charge is 0.407 e. The minimum Gasteiger partial charge on any atom is -0.445 e. The molecule has 19 heavy (non-hydrogen) atoms. The quantitative estimate of drug-likeness (QED) is 0.489. The molecule has 102 valence electrons. The van der Waals surface area contributed by atoms with Crippen molar-refractivity contribution in [1.82, 2.24) is 5.32 Å². The molecule has 1 amide bonds. The van der Waals surface area contributed by atoms with Crippen LogP contribution in [0.5, 0.6) is 0 Å². The van der Waals surface area contributed by atoms with E-state index in [1.165, 1.54) is 0 Å². The molecule has 1 N–H and O–H groups in total. The number of halogens is 2. The van der Waals surface area contributed by atoms with E-state index in [0.717, 1.165) is 5.56 Å². The molecule has 0 unspecified atom stereocenters. The lowest BCUT2D eigenvalue weighted by molar-refractivity contribution is 0.108. The van der Waals surface area contributed by atoms with Crippen LogP contribution in [0.15, 0.2) is 35.4 Å². The number of benzene rings is 1. The lowest BCUT2D eigenvalue weighted by Crippen LogP contribution is -2.35. The van der Waals surface area contributed by atoms with Crippen LogP contribution >= 0.6 is 0 Å². The first kappa shape index (κ1) is 14.7. The molecule has 1 atom stereocenters. The zero-order chi connectivity index (χ0) is 14.1. The Morgan fingerprint density at radius 2 is 2.11 bits per heavy atom. The van der Waals surface area contributed by atoms with Gasteiger partial charge in [-0.3, -0.25) is 0 Å². The molecule has 0 bridgehead atoms. The van der Waals surface area contributed by atoms with Gasteiger partial charge in [-0.15, -0.1) is 0 Å². The van der Waals surface area contributed by atoms with Crippen LogP contribution in [0.1, 0.15) is 5.56 Å². The van der Waals surface area contributed by atoms with Crippen LogP contribution in [-0.4, -0.2) is 25.1 Å². The molecule has 0 radical (unpaired) electrons. The number of carbonyl (C=O) groups excluding carboxylic acids is 1. The highest BCUT2D eigenvalue weighted by Crippen LogP contribution is 2.05. The standard InChI is InChI=1S/C11H12F2N4O2/c12-10(13)9(16-17-14)6-15-11(18)19-7-8-4-2-1-3-5-8/h1-5,9-10H,6-7H2,(H,15,18)/t9-/m1/s1. The number of nitrogens with zero attached hydrogens (tertiary/aromatic N) is 3. The van der Waals surface area contributed by atoms with Crippen molar-refractivity contribution in [2.24, 2.45) is 5.11 Å². The molecule has 0 saturated carbocycles. The number of azide groups is 1. The number of ether oxygens (including phenoxy) is 1. The minimum absolute atomic E-state index is 0.0353. The molecule has 0 aliphatic carbocycles. The van der Waals surface area contributed by atoms with E-state index in [1.54, 1.807) is 24.3 Å². The Labute approximate surface area is 108 Å². The molecule has 1 aromatic rings. The molecule has 0 saturated heterocycles. The second-order valence-corrected chi connectivity index (χ2v) is 3.55. The van der Waals surface area contributed by atoms with Gasteiger partial charge in [0.05, 0.1) is 0 Å². The van der Waals surface area contributed by atoms with E-state index in [9.17, 15) is 13.6 Å². The third-order valence-corrected chi connectivity index (χ3v) is 2.16. The van der Waals surface area contributed by atoms with Crippen LogP contribution in [0, 0.1) is 0 Å². The fourth-order valence-electron chi connectivity index (χ4n) is 1.21. The van der Waals surface area contributed by atoms with Gasteiger partial charge in [-0.2, -0.15) is 0 Å². The molecular formula is C11H12F2N4O2. The van der Waals surface area contributed by atoms with Gasteiger partial charge in [0.2, 0.25) is 6.43 Å².